The van der Waals surface area contributed by atoms with E-state index in [1.807, 2.05) is 0 Å². The van der Waals surface area contributed by atoms with Crippen molar-refractivity contribution in [2.45, 2.75) is 27.4 Å². The number of benzene rings is 1. The first-order valence-electron chi connectivity index (χ1n) is 5.35. The van der Waals surface area contributed by atoms with E-state index in [4.69, 9.17) is 4.74 Å². The van der Waals surface area contributed by atoms with Gasteiger partial charge in [0.05, 0.1) is 10.3 Å². The van der Waals surface area contributed by atoms with E-state index in [9.17, 15) is 20.0 Å². The molecule has 0 aliphatic heterocycles. The lowest BCUT2D eigenvalue weighted by atomic mass is 9.97. The van der Waals surface area contributed by atoms with Crippen LogP contribution >= 0.6 is 0 Å². The highest BCUT2D eigenvalue weighted by Crippen LogP contribution is 2.26. The van der Waals surface area contributed by atoms with E-state index < -0.39 is 16.1 Å². The number of hydrogen-bond donors (Lipinski definition) is 1. The molecule has 98 valence electrons. The molecule has 1 aromatic carbocycles. The molecule has 0 bridgehead atoms. The van der Waals surface area contributed by atoms with Crippen molar-refractivity contribution in [2.75, 3.05) is 0 Å². The van der Waals surface area contributed by atoms with Gasteiger partial charge in [0.25, 0.3) is 0 Å². The molecule has 0 saturated carbocycles. The van der Waals surface area contributed by atoms with Gasteiger partial charge in [-0.05, 0) is 38.5 Å². The van der Waals surface area contributed by atoms with Crippen molar-refractivity contribution in [1.82, 2.24) is 0 Å². The van der Waals surface area contributed by atoms with Crippen molar-refractivity contribution in [2.24, 2.45) is 5.41 Å². The molecular formula is C12H15NO5. The smallest absolute Gasteiger partial charge is 0.311 e. The van der Waals surface area contributed by atoms with Gasteiger partial charge in [0.1, 0.15) is 6.61 Å². The number of esters is 1. The van der Waals surface area contributed by atoms with Gasteiger partial charge in [-0.1, -0.05) is 0 Å². The van der Waals surface area contributed by atoms with Crippen molar-refractivity contribution in [3.05, 3.63) is 33.9 Å². The number of nitro groups is 1. The summed E-state index contributed by atoms with van der Waals surface area (Å²) in [5.41, 5.74) is -0.486. The number of nitro benzene ring substituents is 1. The third kappa shape index (κ3) is 3.44. The van der Waals surface area contributed by atoms with Crippen molar-refractivity contribution >= 4 is 11.7 Å². The Morgan fingerprint density at radius 3 is 2.50 bits per heavy atom. The maximum atomic E-state index is 11.5. The predicted octanol–water partition coefficient (Wildman–Crippen LogP) is 2.39. The molecule has 0 amide bonds. The van der Waals surface area contributed by atoms with Crippen LogP contribution in [0.3, 0.4) is 0 Å². The van der Waals surface area contributed by atoms with Gasteiger partial charge >= 0.3 is 11.7 Å². The SMILES string of the molecule is CC(C)(C)C(=O)OCc1ccc([N+](=O)[O-])c(O)c1. The summed E-state index contributed by atoms with van der Waals surface area (Å²) in [6, 6.07) is 3.83. The molecule has 0 aromatic heterocycles. The summed E-state index contributed by atoms with van der Waals surface area (Å²) >= 11 is 0. The minimum atomic E-state index is -0.680. The highest BCUT2D eigenvalue weighted by atomic mass is 16.6. The molecule has 0 heterocycles. The predicted molar refractivity (Wildman–Crippen MR) is 64.0 cm³/mol. The van der Waals surface area contributed by atoms with E-state index in [1.54, 1.807) is 20.8 Å². The van der Waals surface area contributed by atoms with Crippen molar-refractivity contribution in [3.8, 4) is 5.75 Å². The van der Waals surface area contributed by atoms with Crippen LogP contribution in [0.1, 0.15) is 26.3 Å². The lowest BCUT2D eigenvalue weighted by Gasteiger charge is -2.16. The van der Waals surface area contributed by atoms with Crippen molar-refractivity contribution in [1.29, 1.82) is 0 Å². The summed E-state index contributed by atoms with van der Waals surface area (Å²) in [7, 11) is 0. The topological polar surface area (TPSA) is 89.7 Å². The Kier molecular flexibility index (Phi) is 3.90. The Hall–Kier alpha value is -2.11. The van der Waals surface area contributed by atoms with Gasteiger partial charge in [-0.3, -0.25) is 14.9 Å². The van der Waals surface area contributed by atoms with E-state index >= 15 is 0 Å². The molecule has 0 fully saturated rings. The highest BCUT2D eigenvalue weighted by molar-refractivity contribution is 5.75. The van der Waals surface area contributed by atoms with Gasteiger partial charge in [0.15, 0.2) is 5.75 Å². The largest absolute Gasteiger partial charge is 0.502 e. The summed E-state index contributed by atoms with van der Waals surface area (Å²) in [4.78, 5) is 21.3. The molecule has 0 radical (unpaired) electrons. The monoisotopic (exact) mass is 253 g/mol. The molecule has 1 N–H and O–H groups in total. The summed E-state index contributed by atoms with van der Waals surface area (Å²) in [5, 5.41) is 19.9. The van der Waals surface area contributed by atoms with Crippen molar-refractivity contribution < 1.29 is 19.6 Å². The van der Waals surface area contributed by atoms with Gasteiger partial charge in [-0.25, -0.2) is 0 Å². The second-order valence-electron chi connectivity index (χ2n) is 4.91. The van der Waals surface area contributed by atoms with Crippen LogP contribution in [0.25, 0.3) is 0 Å². The molecule has 18 heavy (non-hydrogen) atoms. The molecule has 0 aliphatic rings. The molecule has 0 unspecified atom stereocenters. The molecule has 6 nitrogen and oxygen atoms in total. The third-order valence-corrected chi connectivity index (χ3v) is 2.22. The number of carbonyl (C=O) groups excluding carboxylic acids is 1. The van der Waals surface area contributed by atoms with Crippen molar-refractivity contribution in [3.63, 3.8) is 0 Å². The summed E-state index contributed by atoms with van der Waals surface area (Å²) in [5.74, 6) is -0.815. The van der Waals surface area contributed by atoms with Crippen LogP contribution in [0.2, 0.25) is 0 Å². The molecule has 6 heteroatoms. The Balaban J connectivity index is 2.73. The second-order valence-corrected chi connectivity index (χ2v) is 4.91. The van der Waals surface area contributed by atoms with Gasteiger partial charge in [0.2, 0.25) is 0 Å². The van der Waals surface area contributed by atoms with E-state index in [0.29, 0.717) is 5.56 Å². The van der Waals surface area contributed by atoms with Crippen LogP contribution in [0, 0.1) is 15.5 Å². The number of hydrogen-bond acceptors (Lipinski definition) is 5. The van der Waals surface area contributed by atoms with Crippen LogP contribution in [-0.2, 0) is 16.1 Å². The zero-order chi connectivity index (χ0) is 13.9. The molecule has 0 atom stereocenters. The average Bonchev–Trinajstić information content (AvgIpc) is 2.24. The summed E-state index contributed by atoms with van der Waals surface area (Å²) < 4.78 is 5.03. The van der Waals surface area contributed by atoms with Gasteiger partial charge in [-0.15, -0.1) is 0 Å². The zero-order valence-electron chi connectivity index (χ0n) is 10.5. The third-order valence-electron chi connectivity index (χ3n) is 2.22. The zero-order valence-corrected chi connectivity index (χ0v) is 10.5. The number of rotatable bonds is 3. The standard InChI is InChI=1S/C12H15NO5/c1-12(2,3)11(15)18-7-8-4-5-9(13(16)17)10(14)6-8/h4-6,14H,7H2,1-3H3. The highest BCUT2D eigenvalue weighted by Gasteiger charge is 2.23. The molecule has 0 saturated heterocycles. The number of carbonyl (C=O) groups is 1. The first-order chi connectivity index (χ1) is 8.21. The van der Waals surface area contributed by atoms with E-state index in [0.717, 1.165) is 0 Å². The Morgan fingerprint density at radius 1 is 1.44 bits per heavy atom. The first-order valence-corrected chi connectivity index (χ1v) is 5.35. The lowest BCUT2D eigenvalue weighted by molar-refractivity contribution is -0.385. The summed E-state index contributed by atoms with van der Waals surface area (Å²) in [6.45, 7) is 5.15. The quantitative estimate of drug-likeness (QED) is 0.507. The normalized spacial score (nSPS) is 11.1. The Morgan fingerprint density at radius 2 is 2.06 bits per heavy atom. The second kappa shape index (κ2) is 5.03. The van der Waals surface area contributed by atoms with Gasteiger partial charge in [0, 0.05) is 6.07 Å². The molecule has 0 aliphatic carbocycles. The fourth-order valence-corrected chi connectivity index (χ4v) is 1.18. The van der Waals surface area contributed by atoms with Crippen LogP contribution in [0.4, 0.5) is 5.69 Å². The lowest BCUT2D eigenvalue weighted by Crippen LogP contribution is -2.22. The number of phenolic OH excluding ortho intramolecular Hbond substituents is 1. The van der Waals surface area contributed by atoms with Gasteiger partial charge in [-0.2, -0.15) is 0 Å². The molecule has 0 spiro atoms. The van der Waals surface area contributed by atoms with E-state index in [2.05, 4.69) is 0 Å². The Labute approximate surface area is 104 Å². The molecule has 1 aromatic rings. The number of nitrogens with zero attached hydrogens (tertiary/aromatic N) is 1. The van der Waals surface area contributed by atoms with Crippen LogP contribution in [0.5, 0.6) is 5.75 Å². The maximum absolute atomic E-state index is 11.5. The average molecular weight is 253 g/mol. The van der Waals surface area contributed by atoms with E-state index in [-0.39, 0.29) is 18.3 Å². The number of phenols is 1. The van der Waals surface area contributed by atoms with Gasteiger partial charge < -0.3 is 9.84 Å². The van der Waals surface area contributed by atoms with E-state index in [1.165, 1.54) is 18.2 Å². The van der Waals surface area contributed by atoms with Crippen LogP contribution < -0.4 is 0 Å². The number of aromatic hydroxyl groups is 1. The summed E-state index contributed by atoms with van der Waals surface area (Å²) in [6.07, 6.45) is 0. The minimum Gasteiger partial charge on any atom is -0.502 e. The molecular weight excluding hydrogens is 238 g/mol. The maximum Gasteiger partial charge on any atom is 0.311 e. The fraction of sp³-hybridized carbons (Fsp3) is 0.417. The van der Waals surface area contributed by atoms with Crippen LogP contribution in [-0.4, -0.2) is 16.0 Å². The molecule has 1 rings (SSSR count). The fourth-order valence-electron chi connectivity index (χ4n) is 1.18. The minimum absolute atomic E-state index is 0.0261. The first kappa shape index (κ1) is 14.0. The number of ether oxygens (including phenoxy) is 1. The van der Waals surface area contributed by atoms with Crippen LogP contribution in [0.15, 0.2) is 18.2 Å². The Bertz CT molecular complexity index is 476.